The zero-order valence-corrected chi connectivity index (χ0v) is 13.7. The molecule has 0 spiro atoms. The second-order valence-electron chi connectivity index (χ2n) is 6.23. The van der Waals surface area contributed by atoms with E-state index in [-0.39, 0.29) is 5.97 Å². The molecule has 0 bridgehead atoms. The summed E-state index contributed by atoms with van der Waals surface area (Å²) in [4.78, 5) is 15.1. The second-order valence-corrected chi connectivity index (χ2v) is 7.23. The lowest BCUT2D eigenvalue weighted by Gasteiger charge is -2.32. The maximum Gasteiger partial charge on any atom is 0.350 e. The Hall–Kier alpha value is -1.23. The Morgan fingerprint density at radius 1 is 1.33 bits per heavy atom. The number of rotatable bonds is 4. The van der Waals surface area contributed by atoms with E-state index in [2.05, 4.69) is 11.8 Å². The van der Waals surface area contributed by atoms with Gasteiger partial charge in [0.05, 0.1) is 17.3 Å². The van der Waals surface area contributed by atoms with Gasteiger partial charge in [-0.2, -0.15) is 0 Å². The van der Waals surface area contributed by atoms with Crippen molar-refractivity contribution in [3.05, 3.63) is 10.4 Å². The van der Waals surface area contributed by atoms with Crippen LogP contribution in [0.3, 0.4) is 0 Å². The average Bonchev–Trinajstić information content (AvgIpc) is 3.23. The van der Waals surface area contributed by atoms with Crippen molar-refractivity contribution in [2.45, 2.75) is 45.4 Å². The van der Waals surface area contributed by atoms with Gasteiger partial charge in [-0.15, -0.1) is 11.3 Å². The minimum absolute atomic E-state index is 0.265. The van der Waals surface area contributed by atoms with Gasteiger partial charge in [-0.1, -0.05) is 6.92 Å². The molecule has 21 heavy (non-hydrogen) atoms. The topological polar surface area (TPSA) is 55.6 Å². The van der Waals surface area contributed by atoms with Crippen molar-refractivity contribution in [1.82, 2.24) is 0 Å². The van der Waals surface area contributed by atoms with Gasteiger partial charge in [0.1, 0.15) is 4.88 Å². The fourth-order valence-corrected chi connectivity index (χ4v) is 4.26. The number of anilines is 2. The molecular weight excluding hydrogens is 284 g/mol. The van der Waals surface area contributed by atoms with Crippen LogP contribution in [0, 0.1) is 5.92 Å². The van der Waals surface area contributed by atoms with Gasteiger partial charge >= 0.3 is 5.97 Å². The molecular formula is C16H24N2O2S. The van der Waals surface area contributed by atoms with Crippen LogP contribution in [-0.4, -0.2) is 25.7 Å². The summed E-state index contributed by atoms with van der Waals surface area (Å²) in [6.45, 7) is 6.68. The van der Waals surface area contributed by atoms with E-state index in [0.717, 1.165) is 19.0 Å². The molecule has 0 atom stereocenters. The lowest BCUT2D eigenvalue weighted by atomic mass is 9.99. The van der Waals surface area contributed by atoms with Crippen LogP contribution in [-0.2, 0) is 4.74 Å². The molecule has 2 heterocycles. The molecule has 1 aromatic heterocycles. The molecule has 0 amide bonds. The van der Waals surface area contributed by atoms with E-state index in [0.29, 0.717) is 23.1 Å². The maximum absolute atomic E-state index is 12.1. The molecule has 2 aliphatic rings. The lowest BCUT2D eigenvalue weighted by Crippen LogP contribution is -2.32. The van der Waals surface area contributed by atoms with Crippen LogP contribution in [0.1, 0.15) is 60.7 Å². The number of carbonyl (C=O) groups excluding carboxylic acids is 1. The van der Waals surface area contributed by atoms with Crippen molar-refractivity contribution in [3.8, 4) is 0 Å². The highest BCUT2D eigenvalue weighted by Crippen LogP contribution is 2.52. The number of thiophene rings is 1. The third kappa shape index (κ3) is 2.89. The molecule has 1 aromatic rings. The fraction of sp³-hybridized carbons (Fsp3) is 0.688. The highest BCUT2D eigenvalue weighted by atomic mass is 32.1. The largest absolute Gasteiger partial charge is 0.462 e. The first-order valence-electron chi connectivity index (χ1n) is 7.96. The first kappa shape index (κ1) is 14.7. The highest BCUT2D eigenvalue weighted by molar-refractivity contribution is 7.18. The second kappa shape index (κ2) is 5.87. The predicted octanol–water partition coefficient (Wildman–Crippen LogP) is 3.62. The summed E-state index contributed by atoms with van der Waals surface area (Å²) in [5.74, 6) is 1.09. The van der Waals surface area contributed by atoms with Gasteiger partial charge in [-0.05, 0) is 44.4 Å². The van der Waals surface area contributed by atoms with Crippen molar-refractivity contribution in [2.24, 2.45) is 5.92 Å². The molecule has 3 rings (SSSR count). The number of piperidine rings is 1. The SMILES string of the molecule is CCOC(=O)c1sc(N2CCC(C)CC2)c(C2CC2)c1N. The monoisotopic (exact) mass is 308 g/mol. The van der Waals surface area contributed by atoms with Crippen molar-refractivity contribution in [2.75, 3.05) is 30.3 Å². The molecule has 2 fully saturated rings. The number of hydrogen-bond donors (Lipinski definition) is 1. The number of esters is 1. The molecule has 0 radical (unpaired) electrons. The summed E-state index contributed by atoms with van der Waals surface area (Å²) in [6, 6.07) is 0. The van der Waals surface area contributed by atoms with E-state index in [4.69, 9.17) is 10.5 Å². The van der Waals surface area contributed by atoms with E-state index in [1.165, 1.54) is 47.6 Å². The third-order valence-corrected chi connectivity index (χ3v) is 5.74. The molecule has 1 saturated carbocycles. The number of nitrogens with zero attached hydrogens (tertiary/aromatic N) is 1. The number of nitrogen functional groups attached to an aromatic ring is 1. The van der Waals surface area contributed by atoms with Gasteiger partial charge in [0.25, 0.3) is 0 Å². The molecule has 0 unspecified atom stereocenters. The molecule has 1 saturated heterocycles. The zero-order chi connectivity index (χ0) is 15.0. The van der Waals surface area contributed by atoms with Crippen molar-refractivity contribution >= 4 is 28.0 Å². The quantitative estimate of drug-likeness (QED) is 0.863. The van der Waals surface area contributed by atoms with Crippen molar-refractivity contribution < 1.29 is 9.53 Å². The Kier molecular flexibility index (Phi) is 4.11. The van der Waals surface area contributed by atoms with Gasteiger partial charge < -0.3 is 15.4 Å². The van der Waals surface area contributed by atoms with E-state index in [1.54, 1.807) is 0 Å². The van der Waals surface area contributed by atoms with Crippen LogP contribution >= 0.6 is 11.3 Å². The Morgan fingerprint density at radius 3 is 2.57 bits per heavy atom. The smallest absolute Gasteiger partial charge is 0.350 e. The molecule has 0 aromatic carbocycles. The van der Waals surface area contributed by atoms with Crippen LogP contribution in [0.5, 0.6) is 0 Å². The van der Waals surface area contributed by atoms with Crippen LogP contribution in [0.15, 0.2) is 0 Å². The molecule has 5 heteroatoms. The third-order valence-electron chi connectivity index (χ3n) is 4.48. The van der Waals surface area contributed by atoms with Crippen LogP contribution < -0.4 is 10.6 Å². The summed E-state index contributed by atoms with van der Waals surface area (Å²) in [7, 11) is 0. The van der Waals surface area contributed by atoms with Crippen LogP contribution in [0.25, 0.3) is 0 Å². The molecule has 4 nitrogen and oxygen atoms in total. The molecule has 1 aliphatic carbocycles. The minimum atomic E-state index is -0.265. The van der Waals surface area contributed by atoms with E-state index < -0.39 is 0 Å². The normalized spacial score (nSPS) is 19.8. The molecule has 116 valence electrons. The summed E-state index contributed by atoms with van der Waals surface area (Å²) in [5, 5.41) is 1.23. The highest BCUT2D eigenvalue weighted by Gasteiger charge is 2.35. The summed E-state index contributed by atoms with van der Waals surface area (Å²) in [6.07, 6.45) is 4.83. The maximum atomic E-state index is 12.1. The Bertz CT molecular complexity index is 529. The Morgan fingerprint density at radius 2 is 2.00 bits per heavy atom. The van der Waals surface area contributed by atoms with Gasteiger partial charge in [-0.3, -0.25) is 0 Å². The Labute approximate surface area is 130 Å². The average molecular weight is 308 g/mol. The van der Waals surface area contributed by atoms with Gasteiger partial charge in [-0.25, -0.2) is 4.79 Å². The van der Waals surface area contributed by atoms with Gasteiger partial charge in [0, 0.05) is 18.7 Å². The standard InChI is InChI=1S/C16H24N2O2S/c1-3-20-16(19)14-13(17)12(11-4-5-11)15(21-14)18-8-6-10(2)7-9-18/h10-11H,3-9,17H2,1-2H3. The van der Waals surface area contributed by atoms with Crippen LogP contribution in [0.4, 0.5) is 10.7 Å². The van der Waals surface area contributed by atoms with Gasteiger partial charge in [0.15, 0.2) is 0 Å². The summed E-state index contributed by atoms with van der Waals surface area (Å²) >= 11 is 1.54. The zero-order valence-electron chi connectivity index (χ0n) is 12.9. The summed E-state index contributed by atoms with van der Waals surface area (Å²) in [5.41, 5.74) is 8.19. The number of hydrogen-bond acceptors (Lipinski definition) is 5. The fourth-order valence-electron chi connectivity index (χ4n) is 3.01. The van der Waals surface area contributed by atoms with E-state index in [1.807, 2.05) is 6.92 Å². The minimum Gasteiger partial charge on any atom is -0.462 e. The lowest BCUT2D eigenvalue weighted by molar-refractivity contribution is 0.0533. The van der Waals surface area contributed by atoms with Crippen molar-refractivity contribution in [1.29, 1.82) is 0 Å². The number of carbonyl (C=O) groups is 1. The van der Waals surface area contributed by atoms with E-state index >= 15 is 0 Å². The van der Waals surface area contributed by atoms with Crippen molar-refractivity contribution in [3.63, 3.8) is 0 Å². The number of nitrogens with two attached hydrogens (primary N) is 1. The van der Waals surface area contributed by atoms with E-state index in [9.17, 15) is 4.79 Å². The first-order valence-corrected chi connectivity index (χ1v) is 8.77. The molecule has 2 N–H and O–H groups in total. The predicted molar refractivity (Wildman–Crippen MR) is 87.3 cm³/mol. The Balaban J connectivity index is 1.91. The van der Waals surface area contributed by atoms with Crippen LogP contribution in [0.2, 0.25) is 0 Å². The number of ether oxygens (including phenoxy) is 1. The molecule has 1 aliphatic heterocycles. The summed E-state index contributed by atoms with van der Waals surface area (Å²) < 4.78 is 5.15. The first-order chi connectivity index (χ1) is 10.1. The van der Waals surface area contributed by atoms with Gasteiger partial charge in [0.2, 0.25) is 0 Å².